The highest BCUT2D eigenvalue weighted by Gasteiger charge is 2.32. The van der Waals surface area contributed by atoms with Gasteiger partial charge in [0.25, 0.3) is 0 Å². The van der Waals surface area contributed by atoms with Crippen LogP contribution in [0.25, 0.3) is 0 Å². The molecule has 0 fully saturated rings. The zero-order chi connectivity index (χ0) is 11.5. The van der Waals surface area contributed by atoms with Crippen molar-refractivity contribution in [3.8, 4) is 11.5 Å². The Morgan fingerprint density at radius 2 is 1.87 bits per heavy atom. The Bertz CT molecular complexity index is 339. The minimum Gasteiger partial charge on any atom is -0.492 e. The minimum atomic E-state index is -4.76. The van der Waals surface area contributed by atoms with E-state index < -0.39 is 12.1 Å². The summed E-state index contributed by atoms with van der Waals surface area (Å²) in [5.41, 5.74) is 0. The van der Waals surface area contributed by atoms with Gasteiger partial charge in [0.1, 0.15) is 10.8 Å². The first-order valence-corrected chi connectivity index (χ1v) is 4.49. The second kappa shape index (κ2) is 4.61. The van der Waals surface area contributed by atoms with Gasteiger partial charge in [0.05, 0.1) is 6.61 Å². The summed E-state index contributed by atoms with van der Waals surface area (Å²) in [6.07, 6.45) is -4.76. The number of benzene rings is 1. The molecule has 1 aromatic rings. The lowest BCUT2D eigenvalue weighted by Gasteiger charge is -2.12. The second-order valence-electron chi connectivity index (χ2n) is 2.55. The van der Waals surface area contributed by atoms with Crippen LogP contribution in [0.5, 0.6) is 11.5 Å². The lowest BCUT2D eigenvalue weighted by atomic mass is 10.3. The molecular formula is C9H8ClF3O2. The SMILES string of the molecule is CCOc1cccc(OC(F)(F)F)c1Cl. The summed E-state index contributed by atoms with van der Waals surface area (Å²) in [6, 6.07) is 3.96. The highest BCUT2D eigenvalue weighted by Crippen LogP contribution is 2.36. The van der Waals surface area contributed by atoms with E-state index in [0.29, 0.717) is 6.61 Å². The fraction of sp³-hybridized carbons (Fsp3) is 0.333. The first kappa shape index (κ1) is 12.0. The molecule has 0 aliphatic rings. The highest BCUT2D eigenvalue weighted by molar-refractivity contribution is 6.33. The van der Waals surface area contributed by atoms with Crippen molar-refractivity contribution in [3.05, 3.63) is 23.2 Å². The standard InChI is InChI=1S/C9H8ClF3O2/c1-2-14-6-4-3-5-7(8(6)10)15-9(11,12)13/h3-5H,2H2,1H3. The van der Waals surface area contributed by atoms with E-state index in [0.717, 1.165) is 6.07 Å². The minimum absolute atomic E-state index is 0.168. The van der Waals surface area contributed by atoms with Gasteiger partial charge in [0.15, 0.2) is 5.75 Å². The molecule has 1 aromatic carbocycles. The van der Waals surface area contributed by atoms with Crippen molar-refractivity contribution < 1.29 is 22.6 Å². The van der Waals surface area contributed by atoms with Gasteiger partial charge in [-0.05, 0) is 19.1 Å². The number of halogens is 4. The summed E-state index contributed by atoms with van der Waals surface area (Å²) in [5, 5.41) is -0.184. The van der Waals surface area contributed by atoms with Crippen molar-refractivity contribution in [2.75, 3.05) is 6.61 Å². The Morgan fingerprint density at radius 3 is 2.40 bits per heavy atom. The van der Waals surface area contributed by atoms with E-state index in [4.69, 9.17) is 16.3 Å². The van der Waals surface area contributed by atoms with Crippen LogP contribution < -0.4 is 9.47 Å². The second-order valence-corrected chi connectivity index (χ2v) is 2.93. The smallest absolute Gasteiger partial charge is 0.492 e. The molecular weight excluding hydrogens is 233 g/mol. The molecule has 0 unspecified atom stereocenters. The third kappa shape index (κ3) is 3.51. The van der Waals surface area contributed by atoms with Crippen LogP contribution in [0.1, 0.15) is 6.92 Å². The van der Waals surface area contributed by atoms with Gasteiger partial charge >= 0.3 is 6.36 Å². The molecule has 0 N–H and O–H groups in total. The quantitative estimate of drug-likeness (QED) is 0.803. The van der Waals surface area contributed by atoms with Gasteiger partial charge < -0.3 is 9.47 Å². The number of hydrogen-bond donors (Lipinski definition) is 0. The third-order valence-corrected chi connectivity index (χ3v) is 1.83. The molecule has 6 heteroatoms. The van der Waals surface area contributed by atoms with E-state index in [1.54, 1.807) is 6.92 Å². The molecule has 0 bridgehead atoms. The zero-order valence-electron chi connectivity index (χ0n) is 7.77. The maximum absolute atomic E-state index is 11.9. The summed E-state index contributed by atoms with van der Waals surface area (Å²) in [5.74, 6) is -0.295. The molecule has 0 saturated heterocycles. The van der Waals surface area contributed by atoms with Crippen LogP contribution in [-0.2, 0) is 0 Å². The Labute approximate surface area is 89.6 Å². The van der Waals surface area contributed by atoms with Crippen LogP contribution >= 0.6 is 11.6 Å². The van der Waals surface area contributed by atoms with Gasteiger partial charge in [0, 0.05) is 0 Å². The maximum Gasteiger partial charge on any atom is 0.573 e. The van der Waals surface area contributed by atoms with Crippen molar-refractivity contribution in [2.45, 2.75) is 13.3 Å². The predicted octanol–water partition coefficient (Wildman–Crippen LogP) is 3.64. The molecule has 1 rings (SSSR count). The van der Waals surface area contributed by atoms with Crippen LogP contribution in [0.3, 0.4) is 0 Å². The molecule has 0 atom stereocenters. The van der Waals surface area contributed by atoms with Gasteiger partial charge in [-0.15, -0.1) is 13.2 Å². The summed E-state index contributed by atoms with van der Waals surface area (Å²) in [4.78, 5) is 0. The van der Waals surface area contributed by atoms with Crippen LogP contribution in [-0.4, -0.2) is 13.0 Å². The van der Waals surface area contributed by atoms with Crippen LogP contribution in [0.15, 0.2) is 18.2 Å². The monoisotopic (exact) mass is 240 g/mol. The molecule has 0 aromatic heterocycles. The first-order chi connectivity index (χ1) is 6.94. The molecule has 0 radical (unpaired) electrons. The van der Waals surface area contributed by atoms with Gasteiger partial charge in [0.2, 0.25) is 0 Å². The number of ether oxygens (including phenoxy) is 2. The first-order valence-electron chi connectivity index (χ1n) is 4.11. The van der Waals surface area contributed by atoms with E-state index in [-0.39, 0.29) is 10.8 Å². The Kier molecular flexibility index (Phi) is 3.68. The van der Waals surface area contributed by atoms with Crippen molar-refractivity contribution >= 4 is 11.6 Å². The lowest BCUT2D eigenvalue weighted by molar-refractivity contribution is -0.274. The Hall–Kier alpha value is -1.10. The van der Waals surface area contributed by atoms with Crippen molar-refractivity contribution in [3.63, 3.8) is 0 Å². The average Bonchev–Trinajstić information content (AvgIpc) is 2.10. The highest BCUT2D eigenvalue weighted by atomic mass is 35.5. The zero-order valence-corrected chi connectivity index (χ0v) is 8.52. The van der Waals surface area contributed by atoms with E-state index >= 15 is 0 Å². The van der Waals surface area contributed by atoms with E-state index in [1.807, 2.05) is 0 Å². The van der Waals surface area contributed by atoms with Gasteiger partial charge in [-0.2, -0.15) is 0 Å². The topological polar surface area (TPSA) is 18.5 Å². The number of rotatable bonds is 3. The largest absolute Gasteiger partial charge is 0.573 e. The number of alkyl halides is 3. The molecule has 0 amide bonds. The maximum atomic E-state index is 11.9. The lowest BCUT2D eigenvalue weighted by Crippen LogP contribution is -2.17. The fourth-order valence-electron chi connectivity index (χ4n) is 0.961. The van der Waals surface area contributed by atoms with E-state index in [9.17, 15) is 13.2 Å². The van der Waals surface area contributed by atoms with E-state index in [1.165, 1.54) is 12.1 Å². The normalized spacial score (nSPS) is 11.3. The molecule has 15 heavy (non-hydrogen) atoms. The summed E-state index contributed by atoms with van der Waals surface area (Å²) in [6.45, 7) is 2.02. The van der Waals surface area contributed by atoms with Gasteiger partial charge in [-0.1, -0.05) is 17.7 Å². The molecule has 0 heterocycles. The predicted molar refractivity (Wildman–Crippen MR) is 49.3 cm³/mol. The van der Waals surface area contributed by atoms with E-state index in [2.05, 4.69) is 4.74 Å². The molecule has 0 aliphatic carbocycles. The summed E-state index contributed by atoms with van der Waals surface area (Å²) < 4.78 is 44.5. The average molecular weight is 241 g/mol. The van der Waals surface area contributed by atoms with Crippen LogP contribution in [0.4, 0.5) is 13.2 Å². The third-order valence-electron chi connectivity index (χ3n) is 1.45. The molecule has 0 saturated carbocycles. The van der Waals surface area contributed by atoms with Crippen LogP contribution in [0, 0.1) is 0 Å². The van der Waals surface area contributed by atoms with Crippen molar-refractivity contribution in [1.82, 2.24) is 0 Å². The molecule has 0 aliphatic heterocycles. The van der Waals surface area contributed by atoms with Crippen molar-refractivity contribution in [2.24, 2.45) is 0 Å². The Morgan fingerprint density at radius 1 is 1.27 bits per heavy atom. The van der Waals surface area contributed by atoms with Crippen molar-refractivity contribution in [1.29, 1.82) is 0 Å². The Balaban J connectivity index is 2.94. The summed E-state index contributed by atoms with van der Waals surface area (Å²) in [7, 11) is 0. The summed E-state index contributed by atoms with van der Waals surface area (Å²) >= 11 is 5.64. The van der Waals surface area contributed by atoms with Gasteiger partial charge in [-0.3, -0.25) is 0 Å². The molecule has 2 nitrogen and oxygen atoms in total. The van der Waals surface area contributed by atoms with Crippen LogP contribution in [0.2, 0.25) is 5.02 Å². The van der Waals surface area contributed by atoms with Gasteiger partial charge in [-0.25, -0.2) is 0 Å². The number of hydrogen-bond acceptors (Lipinski definition) is 2. The fourth-order valence-corrected chi connectivity index (χ4v) is 1.18. The molecule has 84 valence electrons. The molecule has 0 spiro atoms.